The van der Waals surface area contributed by atoms with Crippen LogP contribution in [0.5, 0.6) is 11.5 Å². The van der Waals surface area contributed by atoms with Crippen LogP contribution in [0.2, 0.25) is 0 Å². The highest BCUT2D eigenvalue weighted by Crippen LogP contribution is 2.28. The standard InChI is InChI=1S/C17H23N3O6/c1-3-25-13-6-5-12(11-14(13)26-4-2)15(21)18-19-16(22)17(23)20-7-9-24-10-8-20/h5-6,11H,3-4,7-10H2,1-2H3,(H,18,21)(H,19,22). The first kappa shape index (κ1) is 19.5. The van der Waals surface area contributed by atoms with Gasteiger partial charge in [-0.1, -0.05) is 0 Å². The fourth-order valence-electron chi connectivity index (χ4n) is 2.34. The Balaban J connectivity index is 1.95. The Bertz CT molecular complexity index is 658. The Morgan fingerprint density at radius 1 is 1.04 bits per heavy atom. The molecule has 0 unspecified atom stereocenters. The molecule has 2 rings (SSSR count). The molecule has 1 aromatic rings. The summed E-state index contributed by atoms with van der Waals surface area (Å²) >= 11 is 0. The van der Waals surface area contributed by atoms with Crippen LogP contribution in [-0.2, 0) is 14.3 Å². The van der Waals surface area contributed by atoms with Gasteiger partial charge in [0, 0.05) is 18.7 Å². The lowest BCUT2D eigenvalue weighted by molar-refractivity contribution is -0.148. The first-order valence-electron chi connectivity index (χ1n) is 8.43. The smallest absolute Gasteiger partial charge is 0.327 e. The van der Waals surface area contributed by atoms with E-state index >= 15 is 0 Å². The summed E-state index contributed by atoms with van der Waals surface area (Å²) in [6.07, 6.45) is 0. The van der Waals surface area contributed by atoms with E-state index in [4.69, 9.17) is 14.2 Å². The van der Waals surface area contributed by atoms with E-state index in [-0.39, 0.29) is 5.56 Å². The third kappa shape index (κ3) is 5.09. The number of hydrazine groups is 1. The molecule has 26 heavy (non-hydrogen) atoms. The van der Waals surface area contributed by atoms with Crippen molar-refractivity contribution < 1.29 is 28.6 Å². The number of amides is 3. The average molecular weight is 365 g/mol. The van der Waals surface area contributed by atoms with Crippen molar-refractivity contribution in [3.05, 3.63) is 23.8 Å². The molecule has 1 aromatic carbocycles. The summed E-state index contributed by atoms with van der Waals surface area (Å²) in [5, 5.41) is 0. The zero-order valence-electron chi connectivity index (χ0n) is 14.9. The topological polar surface area (TPSA) is 106 Å². The maximum Gasteiger partial charge on any atom is 0.327 e. The lowest BCUT2D eigenvalue weighted by Gasteiger charge is -2.26. The van der Waals surface area contributed by atoms with Crippen molar-refractivity contribution in [1.29, 1.82) is 0 Å². The van der Waals surface area contributed by atoms with Crippen LogP contribution in [0, 0.1) is 0 Å². The Morgan fingerprint density at radius 2 is 1.69 bits per heavy atom. The second-order valence-corrected chi connectivity index (χ2v) is 5.34. The van der Waals surface area contributed by atoms with Gasteiger partial charge in [0.25, 0.3) is 5.91 Å². The molecule has 1 aliphatic heterocycles. The number of nitrogens with zero attached hydrogens (tertiary/aromatic N) is 1. The van der Waals surface area contributed by atoms with Crippen molar-refractivity contribution >= 4 is 17.7 Å². The first-order chi connectivity index (χ1) is 12.6. The number of hydrogen-bond donors (Lipinski definition) is 2. The number of nitrogens with one attached hydrogen (secondary N) is 2. The molecule has 3 amide bonds. The van der Waals surface area contributed by atoms with Gasteiger partial charge < -0.3 is 19.1 Å². The molecule has 1 heterocycles. The number of rotatable bonds is 5. The molecule has 0 atom stereocenters. The monoisotopic (exact) mass is 365 g/mol. The van der Waals surface area contributed by atoms with Gasteiger partial charge in [-0.25, -0.2) is 0 Å². The average Bonchev–Trinajstić information content (AvgIpc) is 2.67. The van der Waals surface area contributed by atoms with Gasteiger partial charge in [-0.15, -0.1) is 0 Å². The molecule has 2 N–H and O–H groups in total. The van der Waals surface area contributed by atoms with E-state index in [1.165, 1.54) is 11.0 Å². The second-order valence-electron chi connectivity index (χ2n) is 5.34. The van der Waals surface area contributed by atoms with Gasteiger partial charge in [0.1, 0.15) is 0 Å². The molecule has 9 nitrogen and oxygen atoms in total. The lowest BCUT2D eigenvalue weighted by Crippen LogP contribution is -2.52. The lowest BCUT2D eigenvalue weighted by atomic mass is 10.2. The van der Waals surface area contributed by atoms with E-state index in [0.717, 1.165) is 0 Å². The summed E-state index contributed by atoms with van der Waals surface area (Å²) in [6, 6.07) is 4.67. The molecule has 1 fully saturated rings. The molecule has 9 heteroatoms. The molecular formula is C17H23N3O6. The van der Waals surface area contributed by atoms with Gasteiger partial charge in [-0.2, -0.15) is 0 Å². The van der Waals surface area contributed by atoms with Gasteiger partial charge >= 0.3 is 11.8 Å². The number of morpholine rings is 1. The summed E-state index contributed by atoms with van der Waals surface area (Å²) < 4.78 is 16.0. The summed E-state index contributed by atoms with van der Waals surface area (Å²) in [4.78, 5) is 37.4. The normalized spacial score (nSPS) is 13.7. The zero-order valence-corrected chi connectivity index (χ0v) is 14.9. The molecule has 0 saturated carbocycles. The van der Waals surface area contributed by atoms with Gasteiger partial charge in [0.05, 0.1) is 26.4 Å². The van der Waals surface area contributed by atoms with Crippen LogP contribution in [0.25, 0.3) is 0 Å². The van der Waals surface area contributed by atoms with E-state index in [2.05, 4.69) is 10.9 Å². The van der Waals surface area contributed by atoms with Crippen molar-refractivity contribution in [1.82, 2.24) is 15.8 Å². The minimum Gasteiger partial charge on any atom is -0.490 e. The molecule has 1 saturated heterocycles. The SMILES string of the molecule is CCOc1ccc(C(=O)NNC(=O)C(=O)N2CCOCC2)cc1OCC. The first-order valence-corrected chi connectivity index (χ1v) is 8.43. The van der Waals surface area contributed by atoms with Crippen LogP contribution in [-0.4, -0.2) is 62.1 Å². The maximum atomic E-state index is 12.2. The fourth-order valence-corrected chi connectivity index (χ4v) is 2.34. The molecular weight excluding hydrogens is 342 g/mol. The van der Waals surface area contributed by atoms with Gasteiger partial charge in [-0.3, -0.25) is 25.2 Å². The number of carbonyl (C=O) groups is 3. The van der Waals surface area contributed by atoms with E-state index in [9.17, 15) is 14.4 Å². The molecule has 0 radical (unpaired) electrons. The largest absolute Gasteiger partial charge is 0.490 e. The number of hydrogen-bond acceptors (Lipinski definition) is 6. The highest BCUT2D eigenvalue weighted by molar-refractivity contribution is 6.35. The molecule has 1 aliphatic rings. The van der Waals surface area contributed by atoms with Gasteiger partial charge in [0.15, 0.2) is 11.5 Å². The Labute approximate surface area is 151 Å². The van der Waals surface area contributed by atoms with Crippen molar-refractivity contribution in [2.24, 2.45) is 0 Å². The van der Waals surface area contributed by atoms with Crippen molar-refractivity contribution in [2.45, 2.75) is 13.8 Å². The molecule has 0 aliphatic carbocycles. The van der Waals surface area contributed by atoms with Crippen LogP contribution in [0.4, 0.5) is 0 Å². The summed E-state index contributed by atoms with van der Waals surface area (Å²) in [6.45, 7) is 6.00. The fraction of sp³-hybridized carbons (Fsp3) is 0.471. The Hall–Kier alpha value is -2.81. The van der Waals surface area contributed by atoms with E-state index in [1.807, 2.05) is 13.8 Å². The Kier molecular flexibility index (Phi) is 7.22. The summed E-state index contributed by atoms with van der Waals surface area (Å²) in [5.41, 5.74) is 4.61. The second kappa shape index (κ2) is 9.62. The van der Waals surface area contributed by atoms with Gasteiger partial charge in [-0.05, 0) is 32.0 Å². The van der Waals surface area contributed by atoms with Crippen molar-refractivity contribution in [3.63, 3.8) is 0 Å². The molecule has 0 spiro atoms. The number of benzene rings is 1. The summed E-state index contributed by atoms with van der Waals surface area (Å²) in [7, 11) is 0. The van der Waals surface area contributed by atoms with Crippen LogP contribution < -0.4 is 20.3 Å². The highest BCUT2D eigenvalue weighted by Gasteiger charge is 2.24. The molecule has 142 valence electrons. The van der Waals surface area contributed by atoms with Crippen molar-refractivity contribution in [2.75, 3.05) is 39.5 Å². The number of ether oxygens (including phenoxy) is 3. The minimum absolute atomic E-state index is 0.260. The number of carbonyl (C=O) groups excluding carboxylic acids is 3. The van der Waals surface area contributed by atoms with Crippen LogP contribution in [0.1, 0.15) is 24.2 Å². The zero-order chi connectivity index (χ0) is 18.9. The molecule has 0 aromatic heterocycles. The Morgan fingerprint density at radius 3 is 2.35 bits per heavy atom. The highest BCUT2D eigenvalue weighted by atomic mass is 16.5. The van der Waals surface area contributed by atoms with Crippen molar-refractivity contribution in [3.8, 4) is 11.5 Å². The third-order valence-electron chi connectivity index (χ3n) is 3.59. The quantitative estimate of drug-likeness (QED) is 0.566. The third-order valence-corrected chi connectivity index (χ3v) is 3.59. The van der Waals surface area contributed by atoms with E-state index in [1.54, 1.807) is 12.1 Å². The van der Waals surface area contributed by atoms with E-state index in [0.29, 0.717) is 51.0 Å². The van der Waals surface area contributed by atoms with Crippen LogP contribution in [0.15, 0.2) is 18.2 Å². The van der Waals surface area contributed by atoms with Crippen LogP contribution >= 0.6 is 0 Å². The predicted octanol–water partition coefficient (Wildman–Crippen LogP) is 0.104. The maximum absolute atomic E-state index is 12.2. The minimum atomic E-state index is -0.906. The predicted molar refractivity (Wildman–Crippen MR) is 91.8 cm³/mol. The van der Waals surface area contributed by atoms with Gasteiger partial charge in [0.2, 0.25) is 0 Å². The molecule has 0 bridgehead atoms. The van der Waals surface area contributed by atoms with Crippen LogP contribution in [0.3, 0.4) is 0 Å². The summed E-state index contributed by atoms with van der Waals surface area (Å²) in [5.74, 6) is -1.24. The van der Waals surface area contributed by atoms with E-state index < -0.39 is 17.7 Å².